The molecule has 0 saturated carbocycles. The Balaban J connectivity index is 1.17. The van der Waals surface area contributed by atoms with E-state index in [2.05, 4.69) is 69.3 Å². The lowest BCUT2D eigenvalue weighted by molar-refractivity contribution is 0.190. The normalized spacial score (nSPS) is 26.4. The summed E-state index contributed by atoms with van der Waals surface area (Å²) in [6.45, 7) is 6.22. The summed E-state index contributed by atoms with van der Waals surface area (Å²) in [6.07, 6.45) is 7.87. The Bertz CT molecular complexity index is 1090. The highest BCUT2D eigenvalue weighted by atomic mass is 32.1. The fourth-order valence-corrected chi connectivity index (χ4v) is 7.07. The van der Waals surface area contributed by atoms with E-state index in [9.17, 15) is 0 Å². The van der Waals surface area contributed by atoms with Gasteiger partial charge in [-0.15, -0.1) is 0 Å². The van der Waals surface area contributed by atoms with Crippen LogP contribution < -0.4 is 10.2 Å². The lowest BCUT2D eigenvalue weighted by Gasteiger charge is -2.49. The molecule has 2 fully saturated rings. The third kappa shape index (κ3) is 4.43. The SMILES string of the molecule is CN1CC[C@H]2CN(c3cccc4c3C[C@H](CN(C)[C@H]3CCCc5cccnc53)NC4)CCN2C1=S. The number of piperazine rings is 1. The van der Waals surface area contributed by atoms with Crippen molar-refractivity contribution in [2.24, 2.45) is 0 Å². The summed E-state index contributed by atoms with van der Waals surface area (Å²) in [7, 11) is 4.42. The summed E-state index contributed by atoms with van der Waals surface area (Å²) in [5, 5.41) is 4.87. The van der Waals surface area contributed by atoms with Crippen molar-refractivity contribution in [2.75, 3.05) is 51.7 Å². The van der Waals surface area contributed by atoms with E-state index in [1.165, 1.54) is 48.2 Å². The number of rotatable bonds is 4. The van der Waals surface area contributed by atoms with Crippen LogP contribution in [0.3, 0.4) is 0 Å². The highest BCUT2D eigenvalue weighted by Gasteiger charge is 2.35. The second kappa shape index (κ2) is 9.68. The first-order valence-electron chi connectivity index (χ1n) is 13.3. The zero-order valence-corrected chi connectivity index (χ0v) is 21.9. The molecule has 0 radical (unpaired) electrons. The number of likely N-dealkylation sites (N-methyl/N-ethyl adjacent to an activating group) is 1. The molecule has 0 bridgehead atoms. The molecule has 4 aliphatic rings. The van der Waals surface area contributed by atoms with Gasteiger partial charge in [0.1, 0.15) is 0 Å². The summed E-state index contributed by atoms with van der Waals surface area (Å²) < 4.78 is 0. The number of nitrogens with one attached hydrogen (secondary N) is 1. The quantitative estimate of drug-likeness (QED) is 0.660. The van der Waals surface area contributed by atoms with Gasteiger partial charge in [-0.2, -0.15) is 0 Å². The van der Waals surface area contributed by atoms with Crippen LogP contribution in [-0.4, -0.2) is 83.7 Å². The Labute approximate surface area is 215 Å². The van der Waals surface area contributed by atoms with Crippen molar-refractivity contribution in [2.45, 2.75) is 56.8 Å². The molecule has 2 aromatic rings. The van der Waals surface area contributed by atoms with Gasteiger partial charge in [0.05, 0.1) is 17.8 Å². The monoisotopic (exact) mass is 490 g/mol. The van der Waals surface area contributed by atoms with Crippen molar-refractivity contribution in [3.05, 3.63) is 58.9 Å². The van der Waals surface area contributed by atoms with E-state index in [4.69, 9.17) is 17.2 Å². The van der Waals surface area contributed by atoms with Crippen molar-refractivity contribution in [3.63, 3.8) is 0 Å². The van der Waals surface area contributed by atoms with Gasteiger partial charge in [-0.05, 0) is 80.2 Å². The lowest BCUT2D eigenvalue weighted by Crippen LogP contribution is -2.61. The Morgan fingerprint density at radius 2 is 2.00 bits per heavy atom. The van der Waals surface area contributed by atoms with Gasteiger partial charge < -0.3 is 20.0 Å². The molecule has 3 aliphatic heterocycles. The van der Waals surface area contributed by atoms with Gasteiger partial charge in [-0.25, -0.2) is 0 Å². The van der Waals surface area contributed by atoms with Gasteiger partial charge in [0, 0.05) is 64.2 Å². The molecule has 4 heterocycles. The van der Waals surface area contributed by atoms with Crippen LogP contribution in [0.5, 0.6) is 0 Å². The number of fused-ring (bicyclic) bond motifs is 3. The molecular formula is C28H38N6S. The van der Waals surface area contributed by atoms with Crippen molar-refractivity contribution in [3.8, 4) is 0 Å². The van der Waals surface area contributed by atoms with E-state index in [0.29, 0.717) is 18.1 Å². The maximum atomic E-state index is 5.73. The van der Waals surface area contributed by atoms with Crippen LogP contribution in [0.15, 0.2) is 36.5 Å². The molecule has 186 valence electrons. The van der Waals surface area contributed by atoms with Gasteiger partial charge in [0.15, 0.2) is 5.11 Å². The number of nitrogens with zero attached hydrogens (tertiary/aromatic N) is 5. The number of anilines is 1. The van der Waals surface area contributed by atoms with Gasteiger partial charge in [-0.3, -0.25) is 9.88 Å². The minimum atomic E-state index is 0.430. The van der Waals surface area contributed by atoms with E-state index < -0.39 is 0 Å². The summed E-state index contributed by atoms with van der Waals surface area (Å²) >= 11 is 5.73. The molecule has 0 spiro atoms. The highest BCUT2D eigenvalue weighted by Crippen LogP contribution is 2.34. The average Bonchev–Trinajstić information content (AvgIpc) is 2.90. The maximum absolute atomic E-state index is 5.73. The first kappa shape index (κ1) is 23.2. The Morgan fingerprint density at radius 3 is 2.91 bits per heavy atom. The van der Waals surface area contributed by atoms with E-state index in [0.717, 1.165) is 50.8 Å². The van der Waals surface area contributed by atoms with E-state index in [1.54, 1.807) is 5.56 Å². The molecule has 2 saturated heterocycles. The fraction of sp³-hybridized carbons (Fsp3) is 0.571. The summed E-state index contributed by atoms with van der Waals surface area (Å²) in [5.41, 5.74) is 7.20. The zero-order chi connectivity index (χ0) is 23.9. The number of aromatic nitrogens is 1. The number of benzene rings is 1. The largest absolute Gasteiger partial charge is 0.367 e. The summed E-state index contributed by atoms with van der Waals surface area (Å²) in [6, 6.07) is 12.7. The fourth-order valence-electron chi connectivity index (χ4n) is 6.74. The molecule has 0 unspecified atom stereocenters. The number of hydrogen-bond donors (Lipinski definition) is 1. The molecule has 6 rings (SSSR count). The van der Waals surface area contributed by atoms with Crippen molar-refractivity contribution in [1.29, 1.82) is 0 Å². The maximum Gasteiger partial charge on any atom is 0.171 e. The van der Waals surface area contributed by atoms with Crippen molar-refractivity contribution in [1.82, 2.24) is 25.0 Å². The van der Waals surface area contributed by atoms with Crippen molar-refractivity contribution >= 4 is 23.0 Å². The average molecular weight is 491 g/mol. The Kier molecular flexibility index (Phi) is 6.41. The predicted octanol–water partition coefficient (Wildman–Crippen LogP) is 3.22. The minimum Gasteiger partial charge on any atom is -0.367 e. The molecular weight excluding hydrogens is 452 g/mol. The first-order chi connectivity index (χ1) is 17.1. The first-order valence-corrected chi connectivity index (χ1v) is 13.7. The summed E-state index contributed by atoms with van der Waals surface area (Å²) in [4.78, 5) is 14.7. The molecule has 0 amide bonds. The standard InChI is InChI=1S/C28H38N6S/c1-31-13-11-23-19-33(14-15-34(23)28(31)35)25-9-4-7-21-17-30-22(16-24(21)25)18-32(2)26-10-3-6-20-8-5-12-29-27(20)26/h4-5,7-9,12,22-23,26,30H,3,6,10-11,13-19H2,1-2H3/t22-,23+,26+/m1/s1. The van der Waals surface area contributed by atoms with Crippen LogP contribution in [-0.2, 0) is 19.4 Å². The lowest BCUT2D eigenvalue weighted by atomic mass is 9.89. The predicted molar refractivity (Wildman–Crippen MR) is 146 cm³/mol. The topological polar surface area (TPSA) is 37.9 Å². The van der Waals surface area contributed by atoms with Gasteiger partial charge in [0.2, 0.25) is 0 Å². The smallest absolute Gasteiger partial charge is 0.171 e. The zero-order valence-electron chi connectivity index (χ0n) is 21.1. The molecule has 6 nitrogen and oxygen atoms in total. The Hall–Kier alpha value is -2.22. The van der Waals surface area contributed by atoms with E-state index >= 15 is 0 Å². The van der Waals surface area contributed by atoms with Gasteiger partial charge in [0.25, 0.3) is 0 Å². The molecule has 1 aliphatic carbocycles. The number of pyridine rings is 1. The number of thiocarbonyl (C=S) groups is 1. The van der Waals surface area contributed by atoms with Crippen LogP contribution in [0.1, 0.15) is 47.7 Å². The molecule has 3 atom stereocenters. The third-order valence-corrected chi connectivity index (χ3v) is 9.23. The second-order valence-corrected chi connectivity index (χ2v) is 11.2. The molecule has 35 heavy (non-hydrogen) atoms. The van der Waals surface area contributed by atoms with Gasteiger partial charge in [-0.1, -0.05) is 18.2 Å². The Morgan fingerprint density at radius 1 is 1.11 bits per heavy atom. The second-order valence-electron chi connectivity index (χ2n) is 10.9. The highest BCUT2D eigenvalue weighted by molar-refractivity contribution is 7.80. The van der Waals surface area contributed by atoms with E-state index in [1.807, 2.05) is 6.20 Å². The number of aryl methyl sites for hydroxylation is 1. The minimum absolute atomic E-state index is 0.430. The molecule has 1 aromatic heterocycles. The van der Waals surface area contributed by atoms with Gasteiger partial charge >= 0.3 is 0 Å². The van der Waals surface area contributed by atoms with E-state index in [-0.39, 0.29) is 0 Å². The van der Waals surface area contributed by atoms with Crippen LogP contribution in [0.25, 0.3) is 0 Å². The molecule has 1 aromatic carbocycles. The van der Waals surface area contributed by atoms with Crippen LogP contribution >= 0.6 is 12.2 Å². The third-order valence-electron chi connectivity index (χ3n) is 8.68. The molecule has 7 heteroatoms. The number of hydrogen-bond acceptors (Lipinski definition) is 5. The summed E-state index contributed by atoms with van der Waals surface area (Å²) in [5.74, 6) is 0. The van der Waals surface area contributed by atoms with Crippen LogP contribution in [0.2, 0.25) is 0 Å². The van der Waals surface area contributed by atoms with Crippen LogP contribution in [0.4, 0.5) is 5.69 Å². The van der Waals surface area contributed by atoms with Crippen molar-refractivity contribution < 1.29 is 0 Å². The molecule has 1 N–H and O–H groups in total. The van der Waals surface area contributed by atoms with Crippen LogP contribution in [0, 0.1) is 0 Å².